The van der Waals surface area contributed by atoms with E-state index in [9.17, 15) is 14.7 Å². The number of hydrogen-bond donors (Lipinski definition) is 2. The van der Waals surface area contributed by atoms with Gasteiger partial charge in [-0.15, -0.1) is 5.10 Å². The summed E-state index contributed by atoms with van der Waals surface area (Å²) in [6, 6.07) is 12.7. The number of benzene rings is 2. The lowest BCUT2D eigenvalue weighted by Crippen LogP contribution is -2.44. The molecule has 2 atom stereocenters. The molecule has 210 valence electrons. The van der Waals surface area contributed by atoms with Crippen LogP contribution in [0.25, 0.3) is 0 Å². The van der Waals surface area contributed by atoms with Crippen LogP contribution in [-0.2, 0) is 34.6 Å². The molecule has 2 N–H and O–H groups in total. The van der Waals surface area contributed by atoms with Gasteiger partial charge in [-0.1, -0.05) is 36.4 Å². The second-order valence-electron chi connectivity index (χ2n) is 9.93. The SMILES string of the molecule is COc1ccc2c(c1)[C@](O)([C@@H](C)/C=C/CCn1cc(CCO)nn1)C(=O)N2Cc1ccc(N2CCOC2=O)cc1. The maximum Gasteiger partial charge on any atom is 0.414 e. The third-order valence-electron chi connectivity index (χ3n) is 7.39. The van der Waals surface area contributed by atoms with Crippen LogP contribution in [-0.4, -0.2) is 64.1 Å². The number of cyclic esters (lactones) is 1. The number of nitrogens with zero attached hydrogens (tertiary/aromatic N) is 5. The Morgan fingerprint density at radius 3 is 2.70 bits per heavy atom. The standard InChI is InChI=1S/C29H33N5O6/c1-20(5-3-4-13-32-19-22(12-15-35)30-31-32)29(38)25-17-24(39-2)10-11-26(25)34(27(29)36)18-21-6-8-23(9-7-21)33-14-16-40-28(33)37/h3,5-11,17,19-20,35,38H,4,12-16,18H2,1-2H3/b5-3+/t20-,29+/m0/s1. The Morgan fingerprint density at radius 1 is 1.20 bits per heavy atom. The fraction of sp³-hybridized carbons (Fsp3) is 0.379. The number of methoxy groups -OCH3 is 1. The van der Waals surface area contributed by atoms with Crippen molar-refractivity contribution in [3.8, 4) is 5.75 Å². The third-order valence-corrected chi connectivity index (χ3v) is 7.39. The van der Waals surface area contributed by atoms with Gasteiger partial charge in [-0.2, -0.15) is 0 Å². The molecule has 2 amide bonds. The summed E-state index contributed by atoms with van der Waals surface area (Å²) in [6.07, 6.45) is 6.28. The van der Waals surface area contributed by atoms with Crippen LogP contribution in [0, 0.1) is 5.92 Å². The molecule has 1 fully saturated rings. The maximum absolute atomic E-state index is 13.9. The minimum atomic E-state index is -1.78. The van der Waals surface area contributed by atoms with Crippen molar-refractivity contribution in [2.45, 2.75) is 38.5 Å². The van der Waals surface area contributed by atoms with Gasteiger partial charge in [0.25, 0.3) is 5.91 Å². The van der Waals surface area contributed by atoms with Gasteiger partial charge in [0.15, 0.2) is 5.60 Å². The maximum atomic E-state index is 13.9. The van der Waals surface area contributed by atoms with Crippen LogP contribution in [0.15, 0.2) is 60.8 Å². The summed E-state index contributed by atoms with van der Waals surface area (Å²) in [5, 5.41) is 29.1. The highest BCUT2D eigenvalue weighted by molar-refractivity contribution is 6.07. The van der Waals surface area contributed by atoms with E-state index in [-0.39, 0.29) is 19.2 Å². The molecule has 2 aromatic carbocycles. The molecule has 2 aliphatic heterocycles. The van der Waals surface area contributed by atoms with Gasteiger partial charge in [0.05, 0.1) is 31.6 Å². The van der Waals surface area contributed by atoms with Crippen molar-refractivity contribution >= 4 is 23.4 Å². The normalized spacial score (nSPS) is 19.4. The number of aliphatic hydroxyl groups excluding tert-OH is 1. The highest BCUT2D eigenvalue weighted by atomic mass is 16.6. The van der Waals surface area contributed by atoms with E-state index in [1.807, 2.05) is 43.3 Å². The first-order chi connectivity index (χ1) is 19.3. The van der Waals surface area contributed by atoms with E-state index in [0.29, 0.717) is 49.5 Å². The van der Waals surface area contributed by atoms with Gasteiger partial charge in [0, 0.05) is 42.9 Å². The van der Waals surface area contributed by atoms with E-state index in [0.717, 1.165) is 16.9 Å². The molecular weight excluding hydrogens is 514 g/mol. The largest absolute Gasteiger partial charge is 0.497 e. The minimum Gasteiger partial charge on any atom is -0.497 e. The molecule has 2 aliphatic rings. The second-order valence-corrected chi connectivity index (χ2v) is 9.93. The number of carbonyl (C=O) groups is 2. The molecular formula is C29H33N5O6. The molecule has 5 rings (SSSR count). The molecule has 0 unspecified atom stereocenters. The quantitative estimate of drug-likeness (QED) is 0.351. The number of rotatable bonds is 11. The highest BCUT2D eigenvalue weighted by Crippen LogP contribution is 2.47. The molecule has 40 heavy (non-hydrogen) atoms. The van der Waals surface area contributed by atoms with E-state index in [1.165, 1.54) is 0 Å². The van der Waals surface area contributed by atoms with E-state index >= 15 is 0 Å². The average Bonchev–Trinajstić information content (AvgIpc) is 3.66. The number of aryl methyl sites for hydroxylation is 1. The Hall–Kier alpha value is -4.22. The Bertz CT molecular complexity index is 1400. The molecule has 3 aromatic rings. The average molecular weight is 548 g/mol. The zero-order valence-electron chi connectivity index (χ0n) is 22.6. The molecule has 1 saturated heterocycles. The number of aliphatic hydroxyl groups is 2. The minimum absolute atomic E-state index is 0.0202. The van der Waals surface area contributed by atoms with Crippen LogP contribution >= 0.6 is 0 Å². The predicted molar refractivity (Wildman–Crippen MR) is 147 cm³/mol. The van der Waals surface area contributed by atoms with Crippen molar-refractivity contribution < 1.29 is 29.3 Å². The highest BCUT2D eigenvalue weighted by Gasteiger charge is 2.52. The fourth-order valence-electron chi connectivity index (χ4n) is 5.13. The summed E-state index contributed by atoms with van der Waals surface area (Å²) in [5.41, 5.74) is 1.66. The van der Waals surface area contributed by atoms with E-state index in [4.69, 9.17) is 14.6 Å². The van der Waals surface area contributed by atoms with Gasteiger partial charge in [-0.05, 0) is 42.3 Å². The predicted octanol–water partition coefficient (Wildman–Crippen LogP) is 2.80. The van der Waals surface area contributed by atoms with Gasteiger partial charge in [0.1, 0.15) is 12.4 Å². The monoisotopic (exact) mass is 547 g/mol. The summed E-state index contributed by atoms with van der Waals surface area (Å²) in [6.45, 7) is 3.53. The fourth-order valence-corrected chi connectivity index (χ4v) is 5.13. The Morgan fingerprint density at radius 2 is 2.00 bits per heavy atom. The van der Waals surface area contributed by atoms with Gasteiger partial charge in [0.2, 0.25) is 0 Å². The van der Waals surface area contributed by atoms with Crippen molar-refractivity contribution in [3.05, 3.63) is 77.6 Å². The molecule has 11 heteroatoms. The number of amides is 2. The van der Waals surface area contributed by atoms with Crippen LogP contribution in [0.1, 0.15) is 30.2 Å². The van der Waals surface area contributed by atoms with Crippen LogP contribution in [0.5, 0.6) is 5.75 Å². The van der Waals surface area contributed by atoms with Gasteiger partial charge >= 0.3 is 6.09 Å². The molecule has 0 bridgehead atoms. The Labute approximate surface area is 232 Å². The van der Waals surface area contributed by atoms with Crippen molar-refractivity contribution in [1.82, 2.24) is 15.0 Å². The molecule has 3 heterocycles. The summed E-state index contributed by atoms with van der Waals surface area (Å²) in [7, 11) is 1.55. The smallest absolute Gasteiger partial charge is 0.414 e. The first-order valence-corrected chi connectivity index (χ1v) is 13.3. The lowest BCUT2D eigenvalue weighted by molar-refractivity contribution is -0.139. The number of hydrogen-bond acceptors (Lipinski definition) is 8. The van der Waals surface area contributed by atoms with E-state index in [2.05, 4.69) is 10.3 Å². The van der Waals surface area contributed by atoms with Crippen LogP contribution in [0.4, 0.5) is 16.2 Å². The zero-order valence-corrected chi connectivity index (χ0v) is 22.6. The number of aromatic nitrogens is 3. The topological polar surface area (TPSA) is 130 Å². The zero-order chi connectivity index (χ0) is 28.3. The van der Waals surface area contributed by atoms with Crippen molar-refractivity contribution in [2.24, 2.45) is 5.92 Å². The summed E-state index contributed by atoms with van der Waals surface area (Å²) < 4.78 is 12.1. The lowest BCUT2D eigenvalue weighted by Gasteiger charge is -2.28. The Kier molecular flexibility index (Phi) is 7.85. The molecule has 0 saturated carbocycles. The van der Waals surface area contributed by atoms with Crippen molar-refractivity contribution in [3.63, 3.8) is 0 Å². The first kappa shape index (κ1) is 27.4. The third kappa shape index (κ3) is 5.17. The van der Waals surface area contributed by atoms with Crippen LogP contribution < -0.4 is 14.5 Å². The summed E-state index contributed by atoms with van der Waals surface area (Å²) in [4.78, 5) is 28.9. The molecule has 0 radical (unpaired) electrons. The summed E-state index contributed by atoms with van der Waals surface area (Å²) in [5.74, 6) is -0.389. The first-order valence-electron chi connectivity index (χ1n) is 13.3. The molecule has 0 aliphatic carbocycles. The van der Waals surface area contributed by atoms with Gasteiger partial charge < -0.3 is 24.6 Å². The number of allylic oxidation sites excluding steroid dienone is 1. The van der Waals surface area contributed by atoms with Crippen molar-refractivity contribution in [2.75, 3.05) is 36.7 Å². The summed E-state index contributed by atoms with van der Waals surface area (Å²) >= 11 is 0. The second kappa shape index (κ2) is 11.5. The van der Waals surface area contributed by atoms with E-state index in [1.54, 1.807) is 46.0 Å². The van der Waals surface area contributed by atoms with E-state index < -0.39 is 17.4 Å². The molecule has 1 aromatic heterocycles. The van der Waals surface area contributed by atoms with Crippen LogP contribution in [0.3, 0.4) is 0 Å². The number of ether oxygens (including phenoxy) is 2. The van der Waals surface area contributed by atoms with Crippen LogP contribution in [0.2, 0.25) is 0 Å². The molecule has 0 spiro atoms. The Balaban J connectivity index is 1.33. The van der Waals surface area contributed by atoms with Gasteiger partial charge in [-0.3, -0.25) is 14.4 Å². The lowest BCUT2D eigenvalue weighted by atomic mass is 9.83. The number of fused-ring (bicyclic) bond motifs is 1. The number of carbonyl (C=O) groups excluding carboxylic acids is 2. The van der Waals surface area contributed by atoms with Crippen molar-refractivity contribution in [1.29, 1.82) is 0 Å². The molecule has 11 nitrogen and oxygen atoms in total. The van der Waals surface area contributed by atoms with Gasteiger partial charge in [-0.25, -0.2) is 4.79 Å². The number of anilines is 2.